The van der Waals surface area contributed by atoms with Crippen molar-refractivity contribution in [3.05, 3.63) is 0 Å². The Morgan fingerprint density at radius 1 is 0.700 bits per heavy atom. The highest BCUT2D eigenvalue weighted by Gasteiger charge is 2.13. The molecule has 0 amide bonds. The van der Waals surface area contributed by atoms with E-state index in [-0.39, 0.29) is 0 Å². The van der Waals surface area contributed by atoms with Gasteiger partial charge in [-0.2, -0.15) is 0 Å². The zero-order chi connectivity index (χ0) is 14.3. The molecule has 0 spiro atoms. The van der Waals surface area contributed by atoms with Crippen LogP contribution in [-0.4, -0.2) is 13.1 Å². The fraction of sp³-hybridized carbons (Fsp3) is 1.00. The molecule has 0 aromatic rings. The zero-order valence-corrected chi connectivity index (χ0v) is 14.1. The molecule has 1 N–H and O–H groups in total. The van der Waals surface area contributed by atoms with Crippen molar-refractivity contribution in [2.45, 2.75) is 103 Å². The standard InChI is InChI=1S/C19H39N/c1-2-3-4-5-6-7-8-9-10-13-17-20-18-16-19-14-11-12-15-19/h19-20H,2-18H2,1H3. The second-order valence-electron chi connectivity index (χ2n) is 6.87. The summed E-state index contributed by atoms with van der Waals surface area (Å²) in [6.45, 7) is 4.81. The second kappa shape index (κ2) is 13.9. The molecule has 1 aliphatic rings. The summed E-state index contributed by atoms with van der Waals surface area (Å²) in [4.78, 5) is 0. The maximum Gasteiger partial charge on any atom is -0.00463 e. The van der Waals surface area contributed by atoms with E-state index in [2.05, 4.69) is 12.2 Å². The normalized spacial score (nSPS) is 16.1. The van der Waals surface area contributed by atoms with Gasteiger partial charge >= 0.3 is 0 Å². The van der Waals surface area contributed by atoms with Gasteiger partial charge in [0.15, 0.2) is 0 Å². The first kappa shape index (κ1) is 18.0. The minimum Gasteiger partial charge on any atom is -0.317 e. The Morgan fingerprint density at radius 3 is 1.85 bits per heavy atom. The van der Waals surface area contributed by atoms with Crippen molar-refractivity contribution in [3.63, 3.8) is 0 Å². The lowest BCUT2D eigenvalue weighted by molar-refractivity contribution is 0.470. The minimum atomic E-state index is 1.05. The van der Waals surface area contributed by atoms with Gasteiger partial charge in [0, 0.05) is 0 Å². The molecule has 1 rings (SSSR count). The van der Waals surface area contributed by atoms with E-state index in [4.69, 9.17) is 0 Å². The molecule has 0 saturated heterocycles. The van der Waals surface area contributed by atoms with Crippen LogP contribution >= 0.6 is 0 Å². The molecule has 0 aliphatic heterocycles. The molecule has 0 bridgehead atoms. The quantitative estimate of drug-likeness (QED) is 0.381. The van der Waals surface area contributed by atoms with Gasteiger partial charge < -0.3 is 5.32 Å². The van der Waals surface area contributed by atoms with E-state index >= 15 is 0 Å². The molecule has 1 nitrogen and oxygen atoms in total. The van der Waals surface area contributed by atoms with Crippen LogP contribution in [0.1, 0.15) is 103 Å². The largest absolute Gasteiger partial charge is 0.317 e. The predicted octanol–water partition coefficient (Wildman–Crippen LogP) is 6.08. The van der Waals surface area contributed by atoms with Crippen LogP contribution in [0.25, 0.3) is 0 Å². The number of hydrogen-bond donors (Lipinski definition) is 1. The monoisotopic (exact) mass is 281 g/mol. The Labute approximate surface area is 128 Å². The molecular formula is C19H39N. The predicted molar refractivity (Wildman–Crippen MR) is 91.3 cm³/mol. The van der Waals surface area contributed by atoms with Gasteiger partial charge in [-0.1, -0.05) is 90.4 Å². The van der Waals surface area contributed by atoms with Crippen molar-refractivity contribution in [2.24, 2.45) is 5.92 Å². The van der Waals surface area contributed by atoms with Gasteiger partial charge in [0.1, 0.15) is 0 Å². The van der Waals surface area contributed by atoms with E-state index in [0.717, 1.165) is 5.92 Å². The molecule has 1 heteroatoms. The van der Waals surface area contributed by atoms with E-state index in [9.17, 15) is 0 Å². The third-order valence-corrected chi connectivity index (χ3v) is 4.91. The summed E-state index contributed by atoms with van der Waals surface area (Å²) in [5.41, 5.74) is 0. The third-order valence-electron chi connectivity index (χ3n) is 4.91. The average molecular weight is 282 g/mol. The number of nitrogens with one attached hydrogen (secondary N) is 1. The molecule has 120 valence electrons. The van der Waals surface area contributed by atoms with Crippen LogP contribution in [0, 0.1) is 5.92 Å². The van der Waals surface area contributed by atoms with Gasteiger partial charge in [0.25, 0.3) is 0 Å². The Hall–Kier alpha value is -0.0400. The SMILES string of the molecule is CCCCCCCCCCCCNCCC1CCCC1. The first-order valence-corrected chi connectivity index (χ1v) is 9.64. The Morgan fingerprint density at radius 2 is 1.25 bits per heavy atom. The highest BCUT2D eigenvalue weighted by molar-refractivity contribution is 4.68. The third kappa shape index (κ3) is 10.7. The minimum absolute atomic E-state index is 1.05. The zero-order valence-electron chi connectivity index (χ0n) is 14.1. The molecule has 0 aromatic heterocycles. The molecule has 0 aromatic carbocycles. The Kier molecular flexibility index (Phi) is 12.5. The highest BCUT2D eigenvalue weighted by atomic mass is 14.8. The van der Waals surface area contributed by atoms with Gasteiger partial charge in [0.05, 0.1) is 0 Å². The van der Waals surface area contributed by atoms with Gasteiger partial charge in [-0.15, -0.1) is 0 Å². The molecule has 1 saturated carbocycles. The Bertz CT molecular complexity index is 184. The first-order valence-electron chi connectivity index (χ1n) is 9.64. The van der Waals surface area contributed by atoms with Gasteiger partial charge in [-0.25, -0.2) is 0 Å². The summed E-state index contributed by atoms with van der Waals surface area (Å²) < 4.78 is 0. The maximum atomic E-state index is 3.64. The van der Waals surface area contributed by atoms with Crippen molar-refractivity contribution >= 4 is 0 Å². The van der Waals surface area contributed by atoms with E-state index in [1.54, 1.807) is 0 Å². The number of hydrogen-bond acceptors (Lipinski definition) is 1. The van der Waals surface area contributed by atoms with Crippen LogP contribution in [0.4, 0.5) is 0 Å². The molecular weight excluding hydrogens is 242 g/mol. The van der Waals surface area contributed by atoms with E-state index in [1.807, 2.05) is 0 Å². The van der Waals surface area contributed by atoms with Gasteiger partial charge in [-0.3, -0.25) is 0 Å². The van der Waals surface area contributed by atoms with Crippen LogP contribution in [0.3, 0.4) is 0 Å². The van der Waals surface area contributed by atoms with Crippen LogP contribution in [0.2, 0.25) is 0 Å². The van der Waals surface area contributed by atoms with Gasteiger partial charge in [0.2, 0.25) is 0 Å². The van der Waals surface area contributed by atoms with Crippen LogP contribution in [-0.2, 0) is 0 Å². The first-order chi connectivity index (χ1) is 9.93. The lowest BCUT2D eigenvalue weighted by atomic mass is 10.0. The summed E-state index contributed by atoms with van der Waals surface area (Å²) in [5.74, 6) is 1.05. The summed E-state index contributed by atoms with van der Waals surface area (Å²) in [6.07, 6.45) is 21.8. The lowest BCUT2D eigenvalue weighted by Gasteiger charge is -2.09. The summed E-state index contributed by atoms with van der Waals surface area (Å²) in [6, 6.07) is 0. The van der Waals surface area contributed by atoms with Crippen molar-refractivity contribution in [1.29, 1.82) is 0 Å². The molecule has 0 atom stereocenters. The van der Waals surface area contributed by atoms with Crippen molar-refractivity contribution in [3.8, 4) is 0 Å². The molecule has 0 heterocycles. The summed E-state index contributed by atoms with van der Waals surface area (Å²) in [7, 11) is 0. The van der Waals surface area contributed by atoms with Crippen molar-refractivity contribution in [1.82, 2.24) is 5.32 Å². The molecule has 1 aliphatic carbocycles. The smallest absolute Gasteiger partial charge is 0.00463 e. The maximum absolute atomic E-state index is 3.64. The van der Waals surface area contributed by atoms with E-state index < -0.39 is 0 Å². The van der Waals surface area contributed by atoms with Crippen LogP contribution in [0.5, 0.6) is 0 Å². The molecule has 0 unspecified atom stereocenters. The summed E-state index contributed by atoms with van der Waals surface area (Å²) in [5, 5.41) is 3.64. The van der Waals surface area contributed by atoms with Crippen molar-refractivity contribution in [2.75, 3.05) is 13.1 Å². The van der Waals surface area contributed by atoms with Crippen LogP contribution in [0.15, 0.2) is 0 Å². The lowest BCUT2D eigenvalue weighted by Crippen LogP contribution is -2.18. The van der Waals surface area contributed by atoms with E-state index in [1.165, 1.54) is 109 Å². The van der Waals surface area contributed by atoms with Gasteiger partial charge in [-0.05, 0) is 31.8 Å². The number of rotatable bonds is 14. The van der Waals surface area contributed by atoms with Crippen LogP contribution < -0.4 is 5.32 Å². The fourth-order valence-corrected chi connectivity index (χ4v) is 3.47. The second-order valence-corrected chi connectivity index (χ2v) is 6.87. The highest BCUT2D eigenvalue weighted by Crippen LogP contribution is 2.26. The van der Waals surface area contributed by atoms with E-state index in [0.29, 0.717) is 0 Å². The fourth-order valence-electron chi connectivity index (χ4n) is 3.47. The topological polar surface area (TPSA) is 12.0 Å². The molecule has 20 heavy (non-hydrogen) atoms. The molecule has 1 fully saturated rings. The number of unbranched alkanes of at least 4 members (excludes halogenated alkanes) is 9. The molecule has 0 radical (unpaired) electrons. The Balaban J connectivity index is 1.66. The summed E-state index contributed by atoms with van der Waals surface area (Å²) >= 11 is 0. The average Bonchev–Trinajstić information content (AvgIpc) is 2.97. The van der Waals surface area contributed by atoms with Crippen molar-refractivity contribution < 1.29 is 0 Å².